The Morgan fingerprint density at radius 3 is 2.02 bits per heavy atom. The number of pyridine rings is 1. The Morgan fingerprint density at radius 2 is 1.29 bits per heavy atom. The molecule has 10 rings (SSSR count). The number of para-hydroxylation sites is 4. The van der Waals surface area contributed by atoms with Crippen molar-refractivity contribution >= 4 is 55.9 Å². The van der Waals surface area contributed by atoms with E-state index in [0.717, 1.165) is 83.9 Å². The summed E-state index contributed by atoms with van der Waals surface area (Å²) in [6.07, 6.45) is 1.86. The Kier molecular flexibility index (Phi) is 8.35. The largest absolute Gasteiger partial charge is 2.00 e. The number of hydrogen-bond donors (Lipinski definition) is 0. The fourth-order valence-corrected chi connectivity index (χ4v) is 7.90. The van der Waals surface area contributed by atoms with Crippen molar-refractivity contribution in [2.75, 3.05) is 28.3 Å². The molecule has 0 saturated heterocycles. The molecule has 0 fully saturated rings. The van der Waals surface area contributed by atoms with E-state index in [4.69, 9.17) is 9.10 Å². The molecule has 0 N–H and O–H groups in total. The van der Waals surface area contributed by atoms with Crippen LogP contribution in [0.3, 0.4) is 0 Å². The summed E-state index contributed by atoms with van der Waals surface area (Å²) in [4.78, 5) is 10.6. The van der Waals surface area contributed by atoms with Crippen LogP contribution in [0.25, 0.3) is 49.9 Å². The molecule has 0 saturated carbocycles. The average Bonchev–Trinajstić information content (AvgIpc) is 3.81. The van der Waals surface area contributed by atoms with E-state index in [1.165, 1.54) is 4.90 Å². The SMILES string of the molecule is [2H]C([2H])([2H])N1CN(c2[c-]c(N(c3[c-]c4c(cc3)c3ccccc3n4-c3cc(C)ccn3)c3c(-c4ccccc4)cccc3-c3ccccc3)ccc2)c2ccccc21.[Pt+2]. The molecule has 0 bridgehead atoms. The smallest absolute Gasteiger partial charge is 0.357 e. The van der Waals surface area contributed by atoms with E-state index in [0.29, 0.717) is 5.69 Å². The maximum Gasteiger partial charge on any atom is 2.00 e. The van der Waals surface area contributed by atoms with Crippen LogP contribution in [-0.4, -0.2) is 23.2 Å². The van der Waals surface area contributed by atoms with E-state index in [1.807, 2.05) is 65.7 Å². The molecular weight excluding hydrogens is 866 g/mol. The Labute approximate surface area is 346 Å². The predicted molar refractivity (Wildman–Crippen MR) is 228 cm³/mol. The van der Waals surface area contributed by atoms with Crippen LogP contribution >= 0.6 is 0 Å². The van der Waals surface area contributed by atoms with Gasteiger partial charge in [-0.05, 0) is 59.3 Å². The molecule has 1 aliphatic heterocycles. The van der Waals surface area contributed by atoms with Crippen LogP contribution in [0.1, 0.15) is 9.68 Å². The van der Waals surface area contributed by atoms with Crippen LogP contribution in [0, 0.1) is 19.1 Å². The molecule has 0 spiro atoms. The Morgan fingerprint density at radius 1 is 0.625 bits per heavy atom. The van der Waals surface area contributed by atoms with Crippen molar-refractivity contribution in [1.82, 2.24) is 9.55 Å². The third-order valence-electron chi connectivity index (χ3n) is 10.4. The van der Waals surface area contributed by atoms with Crippen molar-refractivity contribution in [3.8, 4) is 28.1 Å². The number of nitrogens with zero attached hydrogens (tertiary/aromatic N) is 5. The van der Waals surface area contributed by atoms with Gasteiger partial charge in [-0.25, -0.2) is 4.98 Å². The standard InChI is InChI=1S/C50H37N5.Pt/c1-35-29-30-51-49(31-35)55-45-24-10-9-21-43(45)44-28-27-40(33-48(44)55)54(39-20-13-19-38(32-39)53-34-52(2)46-25-11-12-26-47(46)53)50-41(36-15-5-3-6-16-36)22-14-23-42(50)37-17-7-4-8-18-37;/h3-31H,34H2,1-2H3;/q-2;+2/i2D3;. The van der Waals surface area contributed by atoms with E-state index >= 15 is 0 Å². The monoisotopic (exact) mass is 905 g/mol. The maximum atomic E-state index is 8.36. The first-order valence-corrected chi connectivity index (χ1v) is 18.4. The Hall–Kier alpha value is -6.42. The van der Waals surface area contributed by atoms with Gasteiger partial charge < -0.3 is 19.3 Å². The molecular formula is C50H37N5Pt. The number of hydrogen-bond acceptors (Lipinski definition) is 4. The van der Waals surface area contributed by atoms with Crippen molar-refractivity contribution in [3.63, 3.8) is 0 Å². The molecule has 0 radical (unpaired) electrons. The van der Waals surface area contributed by atoms with Crippen molar-refractivity contribution in [1.29, 1.82) is 0 Å². The maximum absolute atomic E-state index is 8.36. The summed E-state index contributed by atoms with van der Waals surface area (Å²) < 4.78 is 27.3. The van der Waals surface area contributed by atoms with Crippen LogP contribution < -0.4 is 14.7 Å². The van der Waals surface area contributed by atoms with E-state index in [1.54, 1.807) is 0 Å². The van der Waals surface area contributed by atoms with E-state index in [-0.39, 0.29) is 27.7 Å². The molecule has 0 aliphatic carbocycles. The molecule has 272 valence electrons. The van der Waals surface area contributed by atoms with Crippen molar-refractivity contribution in [3.05, 3.63) is 194 Å². The average molecular weight is 906 g/mol. The molecule has 1 aliphatic rings. The van der Waals surface area contributed by atoms with Gasteiger partial charge >= 0.3 is 21.1 Å². The molecule has 0 atom stereocenters. The minimum absolute atomic E-state index is 0. The van der Waals surface area contributed by atoms with Gasteiger partial charge in [0, 0.05) is 33.9 Å². The fourth-order valence-electron chi connectivity index (χ4n) is 7.90. The van der Waals surface area contributed by atoms with Crippen LogP contribution in [0.5, 0.6) is 0 Å². The molecule has 0 amide bonds. The minimum atomic E-state index is -2.32. The minimum Gasteiger partial charge on any atom is -0.357 e. The number of aromatic nitrogens is 2. The number of benzene rings is 7. The van der Waals surface area contributed by atoms with Crippen molar-refractivity contribution in [2.24, 2.45) is 0 Å². The van der Waals surface area contributed by atoms with Gasteiger partial charge in [-0.2, -0.15) is 12.1 Å². The Bertz CT molecular complexity index is 2910. The molecule has 6 heteroatoms. The predicted octanol–water partition coefficient (Wildman–Crippen LogP) is 12.4. The number of aryl methyl sites for hydroxylation is 1. The fraction of sp³-hybridized carbons (Fsp3) is 0.0600. The van der Waals surface area contributed by atoms with Crippen LogP contribution in [0.15, 0.2) is 176 Å². The normalized spacial score (nSPS) is 13.2. The first kappa shape index (κ1) is 31.9. The zero-order chi connectivity index (χ0) is 39.4. The van der Waals surface area contributed by atoms with Gasteiger partial charge in [0.15, 0.2) is 0 Å². The Balaban J connectivity index is 0.00000449. The van der Waals surface area contributed by atoms with Crippen LogP contribution in [0.4, 0.5) is 34.1 Å². The summed E-state index contributed by atoms with van der Waals surface area (Å²) >= 11 is 0. The second-order valence-corrected chi connectivity index (χ2v) is 13.8. The molecule has 0 unspecified atom stereocenters. The topological polar surface area (TPSA) is 27.5 Å². The van der Waals surface area contributed by atoms with Crippen molar-refractivity contribution in [2.45, 2.75) is 6.92 Å². The zero-order valence-corrected chi connectivity index (χ0v) is 32.8. The first-order chi connectivity index (χ1) is 28.3. The number of fused-ring (bicyclic) bond motifs is 4. The van der Waals surface area contributed by atoms with Gasteiger partial charge in [0.05, 0.1) is 23.7 Å². The second-order valence-electron chi connectivity index (χ2n) is 13.8. The van der Waals surface area contributed by atoms with Gasteiger partial charge in [0.2, 0.25) is 0 Å². The summed E-state index contributed by atoms with van der Waals surface area (Å²) in [5, 5.41) is 2.18. The zero-order valence-electron chi connectivity index (χ0n) is 33.5. The third kappa shape index (κ3) is 6.05. The quantitative estimate of drug-likeness (QED) is 0.149. The number of anilines is 6. The van der Waals surface area contributed by atoms with Crippen molar-refractivity contribution < 1.29 is 25.2 Å². The van der Waals surface area contributed by atoms with Gasteiger partial charge in [-0.3, -0.25) is 0 Å². The second kappa shape index (κ2) is 14.7. The number of rotatable bonds is 7. The van der Waals surface area contributed by atoms with Gasteiger partial charge in [0.25, 0.3) is 0 Å². The van der Waals surface area contributed by atoms with Gasteiger partial charge in [-0.1, -0.05) is 132 Å². The first-order valence-electron chi connectivity index (χ1n) is 19.9. The van der Waals surface area contributed by atoms with Crippen LogP contribution in [-0.2, 0) is 21.1 Å². The van der Waals surface area contributed by atoms with E-state index < -0.39 is 6.98 Å². The molecule has 9 aromatic rings. The summed E-state index contributed by atoms with van der Waals surface area (Å²) in [6.45, 7) is -0.0729. The van der Waals surface area contributed by atoms with E-state index in [2.05, 4.69) is 144 Å². The van der Waals surface area contributed by atoms with E-state index in [9.17, 15) is 0 Å². The third-order valence-corrected chi connectivity index (χ3v) is 10.4. The molecule has 3 heterocycles. The molecule has 7 aromatic carbocycles. The van der Waals surface area contributed by atoms with Gasteiger partial charge in [0.1, 0.15) is 5.82 Å². The molecule has 5 nitrogen and oxygen atoms in total. The summed E-state index contributed by atoms with van der Waals surface area (Å²) in [5.74, 6) is 0.820. The van der Waals surface area contributed by atoms with Crippen LogP contribution in [0.2, 0.25) is 0 Å². The summed E-state index contributed by atoms with van der Waals surface area (Å²) in [7, 11) is 0. The molecule has 56 heavy (non-hydrogen) atoms. The summed E-state index contributed by atoms with van der Waals surface area (Å²) in [5.41, 5.74) is 12.0. The van der Waals surface area contributed by atoms with Gasteiger partial charge in [-0.15, -0.1) is 35.7 Å². The summed E-state index contributed by atoms with van der Waals surface area (Å²) in [6, 6.07) is 65.7. The molecule has 2 aromatic heterocycles.